The maximum absolute atomic E-state index is 12.3. The Morgan fingerprint density at radius 1 is 1.43 bits per heavy atom. The third kappa shape index (κ3) is 3.21. The van der Waals surface area contributed by atoms with Crippen molar-refractivity contribution in [1.29, 1.82) is 0 Å². The second-order valence-corrected chi connectivity index (χ2v) is 6.34. The van der Waals surface area contributed by atoms with Gasteiger partial charge < -0.3 is 9.80 Å². The molecule has 1 unspecified atom stereocenters. The summed E-state index contributed by atoms with van der Waals surface area (Å²) in [5.41, 5.74) is 3.86. The van der Waals surface area contributed by atoms with E-state index in [9.17, 15) is 4.79 Å². The normalized spacial score (nSPS) is 18.0. The van der Waals surface area contributed by atoms with Gasteiger partial charge in [-0.15, -0.1) is 0 Å². The molecule has 6 heteroatoms. The van der Waals surface area contributed by atoms with Crippen molar-refractivity contribution in [2.75, 3.05) is 32.1 Å². The first-order valence-electron chi connectivity index (χ1n) is 7.99. The molecule has 0 aliphatic carbocycles. The zero-order valence-corrected chi connectivity index (χ0v) is 13.9. The van der Waals surface area contributed by atoms with Gasteiger partial charge in [-0.05, 0) is 31.9 Å². The van der Waals surface area contributed by atoms with Gasteiger partial charge >= 0.3 is 0 Å². The fourth-order valence-electron chi connectivity index (χ4n) is 3.19. The van der Waals surface area contributed by atoms with Crippen molar-refractivity contribution >= 4 is 11.6 Å². The van der Waals surface area contributed by atoms with Crippen LogP contribution in [0, 0.1) is 6.92 Å². The van der Waals surface area contributed by atoms with E-state index in [0.717, 1.165) is 37.3 Å². The number of anilines is 1. The van der Waals surface area contributed by atoms with Crippen molar-refractivity contribution < 1.29 is 4.79 Å². The lowest BCUT2D eigenvalue weighted by molar-refractivity contribution is 0.0826. The predicted octanol–water partition coefficient (Wildman–Crippen LogP) is 2.20. The van der Waals surface area contributed by atoms with Crippen LogP contribution in [-0.4, -0.2) is 53.2 Å². The molecule has 0 spiro atoms. The molecule has 1 fully saturated rings. The van der Waals surface area contributed by atoms with Gasteiger partial charge in [0, 0.05) is 50.7 Å². The van der Waals surface area contributed by atoms with Crippen LogP contribution < -0.4 is 4.90 Å². The highest BCUT2D eigenvalue weighted by Crippen LogP contribution is 2.31. The van der Waals surface area contributed by atoms with Gasteiger partial charge in [0.25, 0.3) is 5.91 Å². The standard InChI is InChI=1S/C17H23N5O/c1-12-9-14(6-7-18-12)22-8-4-5-13(11-22)16-15(10-19-20-16)17(23)21(2)3/h6-7,9-10,13H,4-5,8,11H2,1-3H3,(H,19,20). The fraction of sp³-hybridized carbons (Fsp3) is 0.471. The van der Waals surface area contributed by atoms with Crippen LogP contribution in [0.1, 0.15) is 40.5 Å². The number of hydrogen-bond donors (Lipinski definition) is 1. The number of H-pyrrole nitrogens is 1. The Morgan fingerprint density at radius 2 is 2.26 bits per heavy atom. The number of hydrogen-bond acceptors (Lipinski definition) is 4. The molecule has 1 atom stereocenters. The third-order valence-electron chi connectivity index (χ3n) is 4.38. The van der Waals surface area contributed by atoms with Crippen LogP contribution in [0.15, 0.2) is 24.5 Å². The topological polar surface area (TPSA) is 65.1 Å². The largest absolute Gasteiger partial charge is 0.371 e. The average Bonchev–Trinajstić information content (AvgIpc) is 3.03. The first-order chi connectivity index (χ1) is 11.1. The van der Waals surface area contributed by atoms with Crippen molar-refractivity contribution in [1.82, 2.24) is 20.1 Å². The molecule has 1 aliphatic rings. The highest BCUT2D eigenvalue weighted by atomic mass is 16.2. The summed E-state index contributed by atoms with van der Waals surface area (Å²) in [5, 5.41) is 7.17. The van der Waals surface area contributed by atoms with E-state index in [4.69, 9.17) is 0 Å². The SMILES string of the molecule is Cc1cc(N2CCCC(c3[nH]ncc3C(=O)N(C)C)C2)ccn1. The number of rotatable bonds is 3. The number of nitrogens with zero attached hydrogens (tertiary/aromatic N) is 4. The molecule has 2 aromatic rings. The zero-order chi connectivity index (χ0) is 16.4. The smallest absolute Gasteiger partial charge is 0.256 e. The van der Waals surface area contributed by atoms with Gasteiger partial charge in [0.15, 0.2) is 0 Å². The molecule has 1 saturated heterocycles. The molecule has 0 aromatic carbocycles. The minimum Gasteiger partial charge on any atom is -0.371 e. The second-order valence-electron chi connectivity index (χ2n) is 6.34. The van der Waals surface area contributed by atoms with Gasteiger partial charge in [-0.25, -0.2) is 0 Å². The van der Waals surface area contributed by atoms with E-state index in [-0.39, 0.29) is 5.91 Å². The van der Waals surface area contributed by atoms with Gasteiger partial charge in [-0.2, -0.15) is 5.10 Å². The summed E-state index contributed by atoms with van der Waals surface area (Å²) >= 11 is 0. The Labute approximate surface area is 136 Å². The number of aryl methyl sites for hydroxylation is 1. The molecule has 0 radical (unpaired) electrons. The van der Waals surface area contributed by atoms with E-state index >= 15 is 0 Å². The molecule has 1 N–H and O–H groups in total. The van der Waals surface area contributed by atoms with Crippen LogP contribution in [0.5, 0.6) is 0 Å². The summed E-state index contributed by atoms with van der Waals surface area (Å²) in [6.45, 7) is 3.93. The van der Waals surface area contributed by atoms with Crippen molar-refractivity contribution in [3.63, 3.8) is 0 Å². The zero-order valence-electron chi connectivity index (χ0n) is 13.9. The Kier molecular flexibility index (Phi) is 4.32. The highest BCUT2D eigenvalue weighted by molar-refractivity contribution is 5.94. The Balaban J connectivity index is 1.82. The molecule has 3 rings (SSSR count). The molecular weight excluding hydrogens is 290 g/mol. The van der Waals surface area contributed by atoms with E-state index < -0.39 is 0 Å². The van der Waals surface area contributed by atoms with Gasteiger partial charge in [-0.1, -0.05) is 0 Å². The number of aromatic nitrogens is 3. The summed E-state index contributed by atoms with van der Waals surface area (Å²) in [6.07, 6.45) is 5.66. The number of nitrogens with one attached hydrogen (secondary N) is 1. The maximum atomic E-state index is 12.3. The first kappa shape index (κ1) is 15.5. The summed E-state index contributed by atoms with van der Waals surface area (Å²) in [7, 11) is 3.54. The maximum Gasteiger partial charge on any atom is 0.256 e. The molecule has 0 saturated carbocycles. The Morgan fingerprint density at radius 3 is 3.00 bits per heavy atom. The van der Waals surface area contributed by atoms with Crippen LogP contribution in [-0.2, 0) is 0 Å². The van der Waals surface area contributed by atoms with Gasteiger partial charge in [-0.3, -0.25) is 14.9 Å². The Hall–Kier alpha value is -2.37. The third-order valence-corrected chi connectivity index (χ3v) is 4.38. The van der Waals surface area contributed by atoms with E-state index in [0.29, 0.717) is 11.5 Å². The lowest BCUT2D eigenvalue weighted by atomic mass is 9.92. The first-order valence-corrected chi connectivity index (χ1v) is 7.99. The number of aromatic amines is 1. The van der Waals surface area contributed by atoms with Crippen LogP contribution in [0.25, 0.3) is 0 Å². The molecule has 3 heterocycles. The van der Waals surface area contributed by atoms with Crippen molar-refractivity contribution in [2.24, 2.45) is 0 Å². The number of piperidine rings is 1. The van der Waals surface area contributed by atoms with Crippen LogP contribution in [0.2, 0.25) is 0 Å². The molecular formula is C17H23N5O. The van der Waals surface area contributed by atoms with E-state index in [1.54, 1.807) is 25.2 Å². The number of carbonyl (C=O) groups excluding carboxylic acids is 1. The Bertz CT molecular complexity index is 694. The summed E-state index contributed by atoms with van der Waals surface area (Å²) < 4.78 is 0. The number of amides is 1. The quantitative estimate of drug-likeness (QED) is 0.943. The molecule has 122 valence electrons. The molecule has 0 bridgehead atoms. The van der Waals surface area contributed by atoms with Gasteiger partial charge in [0.2, 0.25) is 0 Å². The average molecular weight is 313 g/mol. The van der Waals surface area contributed by atoms with E-state index in [1.807, 2.05) is 19.2 Å². The minimum atomic E-state index is 0.00521. The van der Waals surface area contributed by atoms with E-state index in [2.05, 4.69) is 26.1 Å². The lowest BCUT2D eigenvalue weighted by Gasteiger charge is -2.34. The van der Waals surface area contributed by atoms with Crippen molar-refractivity contribution in [2.45, 2.75) is 25.7 Å². The number of pyridine rings is 1. The lowest BCUT2D eigenvalue weighted by Crippen LogP contribution is -2.35. The molecule has 1 amide bonds. The van der Waals surface area contributed by atoms with Crippen molar-refractivity contribution in [3.8, 4) is 0 Å². The summed E-state index contributed by atoms with van der Waals surface area (Å²) in [4.78, 5) is 20.5. The molecule has 23 heavy (non-hydrogen) atoms. The summed E-state index contributed by atoms with van der Waals surface area (Å²) in [6, 6.07) is 4.16. The monoisotopic (exact) mass is 313 g/mol. The molecule has 2 aromatic heterocycles. The highest BCUT2D eigenvalue weighted by Gasteiger charge is 2.27. The fourth-order valence-corrected chi connectivity index (χ4v) is 3.19. The van der Waals surface area contributed by atoms with Crippen LogP contribution in [0.3, 0.4) is 0 Å². The minimum absolute atomic E-state index is 0.00521. The van der Waals surface area contributed by atoms with Gasteiger partial charge in [0.1, 0.15) is 0 Å². The van der Waals surface area contributed by atoms with Crippen molar-refractivity contribution in [3.05, 3.63) is 41.5 Å². The van der Waals surface area contributed by atoms with E-state index in [1.165, 1.54) is 5.69 Å². The van der Waals surface area contributed by atoms with Gasteiger partial charge in [0.05, 0.1) is 17.5 Å². The molecule has 6 nitrogen and oxygen atoms in total. The number of carbonyl (C=O) groups is 1. The summed E-state index contributed by atoms with van der Waals surface area (Å²) in [5.74, 6) is 0.296. The van der Waals surface area contributed by atoms with Crippen LogP contribution in [0.4, 0.5) is 5.69 Å². The second kappa shape index (κ2) is 6.40. The predicted molar refractivity (Wildman–Crippen MR) is 89.8 cm³/mol. The van der Waals surface area contributed by atoms with Crippen LogP contribution >= 0.6 is 0 Å². The molecule has 1 aliphatic heterocycles.